The van der Waals surface area contributed by atoms with Gasteiger partial charge in [-0.05, 0) is 78.9 Å². The van der Waals surface area contributed by atoms with Crippen LogP contribution in [0.15, 0.2) is 112 Å². The number of hydrogen-bond donors (Lipinski definition) is 3. The van der Waals surface area contributed by atoms with E-state index < -0.39 is 25.8 Å². The van der Waals surface area contributed by atoms with Gasteiger partial charge >= 0.3 is 0 Å². The summed E-state index contributed by atoms with van der Waals surface area (Å²) >= 11 is 11.9. The summed E-state index contributed by atoms with van der Waals surface area (Å²) in [6.07, 6.45) is 0. The Balaban J connectivity index is 1.42. The lowest BCUT2D eigenvalue weighted by Gasteiger charge is -2.14. The van der Waals surface area contributed by atoms with Gasteiger partial charge in [-0.15, -0.1) is 0 Å². The number of hydrogen-bond acceptors (Lipinski definition) is 6. The summed E-state index contributed by atoms with van der Waals surface area (Å²) in [6.45, 7) is -0.253. The van der Waals surface area contributed by atoms with Crippen LogP contribution in [-0.4, -0.2) is 29.3 Å². The molecule has 0 bridgehead atoms. The second kappa shape index (κ2) is 11.4. The molecule has 4 rings (SSSR count). The van der Waals surface area contributed by atoms with Crippen LogP contribution in [0.5, 0.6) is 0 Å². The number of carbonyl (C=O) groups is 1. The Morgan fingerprint density at radius 3 is 1.95 bits per heavy atom. The van der Waals surface area contributed by atoms with Gasteiger partial charge in [-0.2, -0.15) is 0 Å². The van der Waals surface area contributed by atoms with Crippen LogP contribution in [0.25, 0.3) is 0 Å². The monoisotopic (exact) mass is 589 g/mol. The molecule has 4 aromatic rings. The molecule has 196 valence electrons. The molecule has 0 saturated heterocycles. The molecule has 0 aliphatic heterocycles. The molecule has 0 spiro atoms. The van der Waals surface area contributed by atoms with Gasteiger partial charge in [-0.25, -0.2) is 16.8 Å². The molecule has 0 atom stereocenters. The Bertz CT molecular complexity index is 1660. The smallest absolute Gasteiger partial charge is 0.261 e. The second-order valence-corrected chi connectivity index (χ2v) is 12.5. The largest absolute Gasteiger partial charge is 0.375 e. The highest BCUT2D eigenvalue weighted by atomic mass is 35.5. The standard InChI is InChI=1S/C26H21Cl2N3O5S2/c27-18-6-9-21(10-7-18)31-38(35,36)23-13-11-20(12-14-23)30-26(32)17-29-24-15-8-19(28)16-25(24)37(33,34)22-4-2-1-3-5-22/h1-16,29,31H,17H2,(H,30,32). The predicted molar refractivity (Wildman–Crippen MR) is 149 cm³/mol. The van der Waals surface area contributed by atoms with Crippen molar-refractivity contribution in [2.45, 2.75) is 14.7 Å². The minimum atomic E-state index is -3.89. The van der Waals surface area contributed by atoms with E-state index in [4.69, 9.17) is 23.2 Å². The summed E-state index contributed by atoms with van der Waals surface area (Å²) in [5.41, 5.74) is 0.923. The number of nitrogens with one attached hydrogen (secondary N) is 3. The number of amides is 1. The highest BCUT2D eigenvalue weighted by molar-refractivity contribution is 7.92. The molecule has 0 aliphatic rings. The summed E-state index contributed by atoms with van der Waals surface area (Å²) < 4.78 is 53.9. The molecule has 0 aromatic heterocycles. The van der Waals surface area contributed by atoms with E-state index in [1.807, 2.05) is 0 Å². The molecule has 0 radical (unpaired) electrons. The molecule has 12 heteroatoms. The van der Waals surface area contributed by atoms with Crippen molar-refractivity contribution in [3.63, 3.8) is 0 Å². The van der Waals surface area contributed by atoms with Crippen LogP contribution in [0.3, 0.4) is 0 Å². The fourth-order valence-electron chi connectivity index (χ4n) is 3.42. The molecular weight excluding hydrogens is 569 g/mol. The summed E-state index contributed by atoms with van der Waals surface area (Å²) in [7, 11) is -7.74. The van der Waals surface area contributed by atoms with Crippen molar-refractivity contribution in [3.05, 3.63) is 107 Å². The first-order valence-electron chi connectivity index (χ1n) is 11.1. The Morgan fingerprint density at radius 1 is 0.684 bits per heavy atom. The van der Waals surface area contributed by atoms with Crippen LogP contribution in [0, 0.1) is 0 Å². The lowest BCUT2D eigenvalue weighted by molar-refractivity contribution is -0.114. The van der Waals surface area contributed by atoms with Gasteiger partial charge in [0.15, 0.2) is 0 Å². The van der Waals surface area contributed by atoms with E-state index in [1.165, 1.54) is 54.6 Å². The van der Waals surface area contributed by atoms with Crippen LogP contribution in [0.2, 0.25) is 10.0 Å². The quantitative estimate of drug-likeness (QED) is 0.231. The van der Waals surface area contributed by atoms with E-state index in [2.05, 4.69) is 15.4 Å². The minimum Gasteiger partial charge on any atom is -0.375 e. The summed E-state index contributed by atoms with van der Waals surface area (Å²) in [4.78, 5) is 12.6. The van der Waals surface area contributed by atoms with Crippen LogP contribution in [-0.2, 0) is 24.7 Å². The zero-order valence-corrected chi connectivity index (χ0v) is 22.7. The lowest BCUT2D eigenvalue weighted by Crippen LogP contribution is -2.22. The van der Waals surface area contributed by atoms with Crippen molar-refractivity contribution in [3.8, 4) is 0 Å². The van der Waals surface area contributed by atoms with E-state index in [1.54, 1.807) is 42.5 Å². The molecule has 1 amide bonds. The fraction of sp³-hybridized carbons (Fsp3) is 0.0385. The average molecular weight is 591 g/mol. The van der Waals surface area contributed by atoms with Gasteiger partial charge in [0.05, 0.1) is 26.9 Å². The number of anilines is 3. The summed E-state index contributed by atoms with van der Waals surface area (Å²) in [5, 5.41) is 6.19. The summed E-state index contributed by atoms with van der Waals surface area (Å²) in [6, 6.07) is 24.0. The maximum Gasteiger partial charge on any atom is 0.261 e. The zero-order valence-electron chi connectivity index (χ0n) is 19.6. The maximum atomic E-state index is 13.1. The minimum absolute atomic E-state index is 0.000462. The Hall–Kier alpha value is -3.57. The van der Waals surface area contributed by atoms with E-state index in [-0.39, 0.29) is 31.9 Å². The van der Waals surface area contributed by atoms with E-state index >= 15 is 0 Å². The molecular formula is C26H21Cl2N3O5S2. The van der Waals surface area contributed by atoms with Gasteiger partial charge < -0.3 is 10.6 Å². The van der Waals surface area contributed by atoms with E-state index in [9.17, 15) is 21.6 Å². The number of sulfone groups is 1. The van der Waals surface area contributed by atoms with Gasteiger partial charge in [0.1, 0.15) is 0 Å². The molecule has 3 N–H and O–H groups in total. The molecule has 0 unspecified atom stereocenters. The number of halogens is 2. The molecule has 0 fully saturated rings. The first-order chi connectivity index (χ1) is 18.0. The third-order valence-corrected chi connectivity index (χ3v) is 8.96. The average Bonchev–Trinajstić information content (AvgIpc) is 2.90. The molecule has 38 heavy (non-hydrogen) atoms. The van der Waals surface area contributed by atoms with Gasteiger partial charge in [0.2, 0.25) is 15.7 Å². The normalized spacial score (nSPS) is 11.5. The number of benzene rings is 4. The van der Waals surface area contributed by atoms with E-state index in [0.717, 1.165) is 0 Å². The van der Waals surface area contributed by atoms with Crippen LogP contribution in [0.1, 0.15) is 0 Å². The third kappa shape index (κ3) is 6.65. The maximum absolute atomic E-state index is 13.1. The molecule has 0 saturated carbocycles. The van der Waals surface area contributed by atoms with Crippen molar-refractivity contribution in [1.82, 2.24) is 0 Å². The third-order valence-electron chi connectivity index (χ3n) is 5.27. The Kier molecular flexibility index (Phi) is 8.27. The van der Waals surface area contributed by atoms with Gasteiger partial charge in [-0.1, -0.05) is 41.4 Å². The van der Waals surface area contributed by atoms with Gasteiger partial charge in [0.25, 0.3) is 10.0 Å². The highest BCUT2D eigenvalue weighted by Gasteiger charge is 2.22. The van der Waals surface area contributed by atoms with E-state index in [0.29, 0.717) is 16.4 Å². The van der Waals surface area contributed by atoms with Crippen LogP contribution in [0.4, 0.5) is 17.1 Å². The summed E-state index contributed by atoms with van der Waals surface area (Å²) in [5.74, 6) is -0.474. The molecule has 8 nitrogen and oxygen atoms in total. The molecule has 4 aromatic carbocycles. The van der Waals surface area contributed by atoms with Crippen molar-refractivity contribution in [2.75, 3.05) is 21.9 Å². The van der Waals surface area contributed by atoms with Crippen molar-refractivity contribution >= 4 is 66.0 Å². The molecule has 0 aliphatic carbocycles. The highest BCUT2D eigenvalue weighted by Crippen LogP contribution is 2.30. The van der Waals surface area contributed by atoms with Crippen molar-refractivity contribution < 1.29 is 21.6 Å². The van der Waals surface area contributed by atoms with Crippen molar-refractivity contribution in [1.29, 1.82) is 0 Å². The zero-order chi connectivity index (χ0) is 27.3. The lowest BCUT2D eigenvalue weighted by atomic mass is 10.3. The topological polar surface area (TPSA) is 121 Å². The number of rotatable bonds is 9. The SMILES string of the molecule is O=C(CNc1ccc(Cl)cc1S(=O)(=O)c1ccccc1)Nc1ccc(S(=O)(=O)Nc2ccc(Cl)cc2)cc1. The Morgan fingerprint density at radius 2 is 1.29 bits per heavy atom. The van der Waals surface area contributed by atoms with Gasteiger partial charge in [0, 0.05) is 21.4 Å². The van der Waals surface area contributed by atoms with Crippen molar-refractivity contribution in [2.24, 2.45) is 0 Å². The number of carbonyl (C=O) groups excluding carboxylic acids is 1. The first-order valence-corrected chi connectivity index (χ1v) is 14.8. The predicted octanol–water partition coefficient (Wildman–Crippen LogP) is 5.68. The van der Waals surface area contributed by atoms with Gasteiger partial charge in [-0.3, -0.25) is 9.52 Å². The Labute approximate surface area is 230 Å². The number of sulfonamides is 1. The fourth-order valence-corrected chi connectivity index (χ4v) is 6.32. The second-order valence-electron chi connectivity index (χ2n) is 8.00. The molecule has 0 heterocycles. The van der Waals surface area contributed by atoms with Crippen LogP contribution >= 0.6 is 23.2 Å². The van der Waals surface area contributed by atoms with Crippen LogP contribution < -0.4 is 15.4 Å². The first kappa shape index (κ1) is 27.5.